The van der Waals surface area contributed by atoms with E-state index in [0.29, 0.717) is 22.4 Å². The predicted octanol–water partition coefficient (Wildman–Crippen LogP) is 3.67. The molecule has 5 nitrogen and oxygen atoms in total. The van der Waals surface area contributed by atoms with Gasteiger partial charge in [-0.05, 0) is 42.0 Å². The summed E-state index contributed by atoms with van der Waals surface area (Å²) in [5.74, 6) is -0.331. The van der Waals surface area contributed by atoms with Gasteiger partial charge in [0.2, 0.25) is 0 Å². The highest BCUT2D eigenvalue weighted by Gasteiger charge is 2.07. The molecule has 0 aliphatic carbocycles. The van der Waals surface area contributed by atoms with E-state index in [4.69, 9.17) is 4.74 Å². The molecule has 0 fully saturated rings. The molecule has 0 spiro atoms. The molecule has 0 radical (unpaired) electrons. The third-order valence-electron chi connectivity index (χ3n) is 3.49. The van der Waals surface area contributed by atoms with E-state index in [9.17, 15) is 9.59 Å². The van der Waals surface area contributed by atoms with Crippen LogP contribution in [-0.2, 0) is 0 Å². The van der Waals surface area contributed by atoms with Gasteiger partial charge in [-0.3, -0.25) is 4.79 Å². The van der Waals surface area contributed by atoms with Crippen LogP contribution in [0.2, 0.25) is 0 Å². The summed E-state index contributed by atoms with van der Waals surface area (Å²) in [6.45, 7) is 0. The molecule has 26 heavy (non-hydrogen) atoms. The Kier molecular flexibility index (Phi) is 5.52. The summed E-state index contributed by atoms with van der Waals surface area (Å²) < 4.78 is 5.35. The first-order valence-corrected chi connectivity index (χ1v) is 7.98. The molecular weight excluding hydrogens is 328 g/mol. The van der Waals surface area contributed by atoms with E-state index in [2.05, 4.69) is 10.5 Å². The van der Waals surface area contributed by atoms with Crippen molar-refractivity contribution in [2.24, 2.45) is 5.10 Å². The number of carbonyl (C=O) groups excluding carboxylic acids is 2. The van der Waals surface area contributed by atoms with E-state index >= 15 is 0 Å². The molecule has 0 heterocycles. The number of amides is 1. The third kappa shape index (κ3) is 4.64. The first-order valence-electron chi connectivity index (χ1n) is 7.98. The van der Waals surface area contributed by atoms with Crippen LogP contribution in [0, 0.1) is 0 Å². The van der Waals surface area contributed by atoms with Crippen LogP contribution < -0.4 is 10.2 Å². The maximum Gasteiger partial charge on any atom is 0.343 e. The molecule has 0 aromatic heterocycles. The number of ether oxygens (including phenoxy) is 1. The van der Waals surface area contributed by atoms with E-state index in [1.807, 2.05) is 12.1 Å². The van der Waals surface area contributed by atoms with Crippen molar-refractivity contribution in [1.29, 1.82) is 0 Å². The first-order chi connectivity index (χ1) is 12.7. The number of nitrogens with zero attached hydrogens (tertiary/aromatic N) is 1. The van der Waals surface area contributed by atoms with Gasteiger partial charge in [0.15, 0.2) is 0 Å². The Bertz CT molecular complexity index is 922. The highest BCUT2D eigenvalue weighted by Crippen LogP contribution is 2.14. The van der Waals surface area contributed by atoms with Crippen LogP contribution in [0.5, 0.6) is 5.75 Å². The highest BCUT2D eigenvalue weighted by molar-refractivity contribution is 5.95. The average molecular weight is 344 g/mol. The number of nitrogens with one attached hydrogen (secondary N) is 1. The number of hydrogen-bond donors (Lipinski definition) is 1. The number of esters is 1. The van der Waals surface area contributed by atoms with Crippen molar-refractivity contribution in [2.45, 2.75) is 0 Å². The van der Waals surface area contributed by atoms with Gasteiger partial charge in [-0.25, -0.2) is 10.2 Å². The molecule has 3 rings (SSSR count). The second-order valence-corrected chi connectivity index (χ2v) is 5.39. The Morgan fingerprint density at radius 2 is 1.46 bits per heavy atom. The molecule has 0 unspecified atom stereocenters. The van der Waals surface area contributed by atoms with Gasteiger partial charge in [0.1, 0.15) is 5.75 Å². The minimum Gasteiger partial charge on any atom is -0.423 e. The Labute approximate surface area is 150 Å². The second kappa shape index (κ2) is 8.39. The topological polar surface area (TPSA) is 67.8 Å². The molecule has 0 saturated carbocycles. The maximum atomic E-state index is 12.1. The lowest BCUT2D eigenvalue weighted by Gasteiger charge is -2.05. The van der Waals surface area contributed by atoms with Crippen molar-refractivity contribution in [1.82, 2.24) is 5.43 Å². The standard InChI is InChI=1S/C21H16N2O3/c24-20(17-9-3-1-4-10-17)23-22-15-16-8-7-13-19(14-16)26-21(25)18-11-5-2-6-12-18/h1-15H,(H,23,24)/b22-15-. The lowest BCUT2D eigenvalue weighted by Crippen LogP contribution is -2.17. The molecule has 0 aliphatic heterocycles. The fourth-order valence-corrected chi connectivity index (χ4v) is 2.22. The molecule has 0 aliphatic rings. The van der Waals surface area contributed by atoms with Crippen molar-refractivity contribution >= 4 is 18.1 Å². The van der Waals surface area contributed by atoms with Gasteiger partial charge in [0, 0.05) is 5.56 Å². The van der Waals surface area contributed by atoms with Gasteiger partial charge in [0.05, 0.1) is 11.8 Å². The average Bonchev–Trinajstić information content (AvgIpc) is 2.69. The van der Waals surface area contributed by atoms with Crippen LogP contribution in [0.3, 0.4) is 0 Å². The lowest BCUT2D eigenvalue weighted by molar-refractivity contribution is 0.0734. The van der Waals surface area contributed by atoms with Gasteiger partial charge in [-0.2, -0.15) is 5.10 Å². The molecule has 1 N–H and O–H groups in total. The fraction of sp³-hybridized carbons (Fsp3) is 0. The van der Waals surface area contributed by atoms with Crippen LogP contribution in [0.1, 0.15) is 26.3 Å². The van der Waals surface area contributed by atoms with Gasteiger partial charge in [-0.1, -0.05) is 48.5 Å². The van der Waals surface area contributed by atoms with Gasteiger partial charge in [0.25, 0.3) is 5.91 Å². The Balaban J connectivity index is 1.62. The zero-order valence-corrected chi connectivity index (χ0v) is 13.8. The summed E-state index contributed by atoms with van der Waals surface area (Å²) in [6, 6.07) is 24.4. The van der Waals surface area contributed by atoms with Crippen LogP contribution in [0.15, 0.2) is 90.0 Å². The molecule has 0 bridgehead atoms. The number of benzene rings is 3. The molecule has 3 aromatic rings. The van der Waals surface area contributed by atoms with Crippen LogP contribution in [0.4, 0.5) is 0 Å². The molecular formula is C21H16N2O3. The summed E-state index contributed by atoms with van der Waals surface area (Å²) in [5, 5.41) is 3.93. The minimum atomic E-state index is -0.433. The monoisotopic (exact) mass is 344 g/mol. The summed E-state index contributed by atoms with van der Waals surface area (Å²) in [6.07, 6.45) is 1.49. The van der Waals surface area contributed by atoms with Crippen molar-refractivity contribution in [3.63, 3.8) is 0 Å². The van der Waals surface area contributed by atoms with Crippen molar-refractivity contribution in [3.8, 4) is 5.75 Å². The number of hydrogen-bond acceptors (Lipinski definition) is 4. The van der Waals surface area contributed by atoms with Crippen molar-refractivity contribution in [2.75, 3.05) is 0 Å². The Morgan fingerprint density at radius 3 is 2.15 bits per heavy atom. The largest absolute Gasteiger partial charge is 0.423 e. The van der Waals surface area contributed by atoms with Crippen molar-refractivity contribution in [3.05, 3.63) is 102 Å². The fourth-order valence-electron chi connectivity index (χ4n) is 2.22. The van der Waals surface area contributed by atoms with Gasteiger partial charge in [-0.15, -0.1) is 0 Å². The molecule has 128 valence electrons. The molecule has 0 atom stereocenters. The van der Waals surface area contributed by atoms with Crippen LogP contribution in [-0.4, -0.2) is 18.1 Å². The summed E-state index contributed by atoms with van der Waals surface area (Å²) in [7, 11) is 0. The summed E-state index contributed by atoms with van der Waals surface area (Å²) in [4.78, 5) is 24.0. The normalized spacial score (nSPS) is 10.5. The molecule has 5 heteroatoms. The second-order valence-electron chi connectivity index (χ2n) is 5.39. The highest BCUT2D eigenvalue weighted by atomic mass is 16.5. The molecule has 0 saturated heterocycles. The van der Waals surface area contributed by atoms with Crippen LogP contribution in [0.25, 0.3) is 0 Å². The van der Waals surface area contributed by atoms with Gasteiger partial charge < -0.3 is 4.74 Å². The van der Waals surface area contributed by atoms with E-state index < -0.39 is 5.97 Å². The molecule has 1 amide bonds. The first kappa shape index (κ1) is 17.1. The summed E-state index contributed by atoms with van der Waals surface area (Å²) >= 11 is 0. The number of carbonyl (C=O) groups is 2. The smallest absolute Gasteiger partial charge is 0.343 e. The zero-order valence-electron chi connectivity index (χ0n) is 13.8. The van der Waals surface area contributed by atoms with Crippen molar-refractivity contribution < 1.29 is 14.3 Å². The Hall–Kier alpha value is -3.73. The predicted molar refractivity (Wildman–Crippen MR) is 99.3 cm³/mol. The maximum absolute atomic E-state index is 12.1. The third-order valence-corrected chi connectivity index (χ3v) is 3.49. The SMILES string of the molecule is O=C(N/N=C\c1cccc(OC(=O)c2ccccc2)c1)c1ccccc1. The number of hydrazone groups is 1. The zero-order chi connectivity index (χ0) is 18.2. The minimum absolute atomic E-state index is 0.298. The van der Waals surface area contributed by atoms with E-state index in [1.54, 1.807) is 72.8 Å². The summed E-state index contributed by atoms with van der Waals surface area (Å²) in [5.41, 5.74) is 4.14. The quantitative estimate of drug-likeness (QED) is 0.332. The molecule has 3 aromatic carbocycles. The van der Waals surface area contributed by atoms with Gasteiger partial charge >= 0.3 is 5.97 Å². The lowest BCUT2D eigenvalue weighted by atomic mass is 10.2. The van der Waals surface area contributed by atoms with E-state index in [1.165, 1.54) is 6.21 Å². The number of rotatable bonds is 5. The van der Waals surface area contributed by atoms with E-state index in [0.717, 1.165) is 0 Å². The Morgan fingerprint density at radius 1 is 0.808 bits per heavy atom. The van der Waals surface area contributed by atoms with E-state index in [-0.39, 0.29) is 5.91 Å². The van der Waals surface area contributed by atoms with Crippen LogP contribution >= 0.6 is 0 Å².